The van der Waals surface area contributed by atoms with E-state index >= 15 is 0 Å². The molecule has 0 fully saturated rings. The molecule has 5 nitrogen and oxygen atoms in total. The lowest BCUT2D eigenvalue weighted by Crippen LogP contribution is -2.12. The van der Waals surface area contributed by atoms with Crippen molar-refractivity contribution < 1.29 is 23.0 Å². The molecule has 2 aromatic carbocycles. The van der Waals surface area contributed by atoms with Gasteiger partial charge in [-0.15, -0.1) is 11.3 Å². The third-order valence-electron chi connectivity index (χ3n) is 3.57. The summed E-state index contributed by atoms with van der Waals surface area (Å²) in [5.74, 6) is -0.643. The number of benzene rings is 2. The van der Waals surface area contributed by atoms with Crippen LogP contribution in [0.4, 0.5) is 13.9 Å². The lowest BCUT2D eigenvalue weighted by molar-refractivity contribution is 0.102. The van der Waals surface area contributed by atoms with Crippen LogP contribution in [0.2, 0.25) is 0 Å². The van der Waals surface area contributed by atoms with Crippen LogP contribution in [0.1, 0.15) is 10.4 Å². The lowest BCUT2D eigenvalue weighted by Gasteiger charge is -2.09. The van der Waals surface area contributed by atoms with Crippen molar-refractivity contribution in [1.29, 1.82) is 0 Å². The van der Waals surface area contributed by atoms with Gasteiger partial charge in [-0.25, -0.2) is 13.8 Å². The quantitative estimate of drug-likeness (QED) is 0.719. The molecule has 26 heavy (non-hydrogen) atoms. The zero-order valence-corrected chi connectivity index (χ0v) is 14.7. The number of hydrogen-bond donors (Lipinski definition) is 1. The molecule has 0 radical (unpaired) electrons. The van der Waals surface area contributed by atoms with E-state index in [-0.39, 0.29) is 16.4 Å². The van der Waals surface area contributed by atoms with E-state index in [0.29, 0.717) is 17.1 Å². The van der Waals surface area contributed by atoms with Crippen LogP contribution in [-0.2, 0) is 0 Å². The number of nitrogens with one attached hydrogen (secondary N) is 1. The van der Waals surface area contributed by atoms with E-state index in [1.165, 1.54) is 20.3 Å². The Labute approximate surface area is 152 Å². The summed E-state index contributed by atoms with van der Waals surface area (Å²) in [6.07, 6.45) is 0. The third kappa shape index (κ3) is 3.65. The number of rotatable bonds is 5. The second-order valence-corrected chi connectivity index (χ2v) is 6.04. The topological polar surface area (TPSA) is 60.5 Å². The number of amides is 1. The largest absolute Gasteiger partial charge is 0.493 e. The standard InChI is InChI=1S/C18H14F2N2O3S/c1-24-15-6-3-10(7-16(15)25-2)17(23)22-18-21-14(9-26-18)12-8-11(19)4-5-13(12)20/h3-9H,1-2H3,(H,21,22,23). The molecule has 0 atom stereocenters. The summed E-state index contributed by atoms with van der Waals surface area (Å²) in [6.45, 7) is 0. The number of halogens is 2. The fraction of sp³-hybridized carbons (Fsp3) is 0.111. The number of anilines is 1. The minimum atomic E-state index is -0.588. The van der Waals surface area contributed by atoms with E-state index in [9.17, 15) is 13.6 Å². The first kappa shape index (κ1) is 17.8. The molecule has 0 aliphatic carbocycles. The Kier molecular flexibility index (Phi) is 5.13. The molecule has 0 saturated carbocycles. The van der Waals surface area contributed by atoms with Gasteiger partial charge in [0.2, 0.25) is 0 Å². The van der Waals surface area contributed by atoms with Gasteiger partial charge >= 0.3 is 0 Å². The van der Waals surface area contributed by atoms with Gasteiger partial charge in [-0.1, -0.05) is 0 Å². The fourth-order valence-electron chi connectivity index (χ4n) is 2.30. The number of methoxy groups -OCH3 is 2. The van der Waals surface area contributed by atoms with Crippen molar-refractivity contribution in [2.45, 2.75) is 0 Å². The molecular formula is C18H14F2N2O3S. The van der Waals surface area contributed by atoms with Crippen LogP contribution in [0.5, 0.6) is 11.5 Å². The lowest BCUT2D eigenvalue weighted by atomic mass is 10.1. The van der Waals surface area contributed by atoms with E-state index in [1.54, 1.807) is 17.5 Å². The predicted octanol–water partition coefficient (Wildman–Crippen LogP) is 4.36. The third-order valence-corrected chi connectivity index (χ3v) is 4.33. The highest BCUT2D eigenvalue weighted by Gasteiger charge is 2.15. The van der Waals surface area contributed by atoms with E-state index in [1.807, 2.05) is 0 Å². The summed E-state index contributed by atoms with van der Waals surface area (Å²) in [4.78, 5) is 16.5. The maximum absolute atomic E-state index is 13.8. The van der Waals surface area contributed by atoms with E-state index in [0.717, 1.165) is 29.5 Å². The van der Waals surface area contributed by atoms with Crippen LogP contribution < -0.4 is 14.8 Å². The number of carbonyl (C=O) groups excluding carboxylic acids is 1. The van der Waals surface area contributed by atoms with Gasteiger partial charge in [0.05, 0.1) is 19.9 Å². The van der Waals surface area contributed by atoms with Crippen LogP contribution in [-0.4, -0.2) is 25.1 Å². The average Bonchev–Trinajstić information content (AvgIpc) is 3.11. The Morgan fingerprint density at radius 3 is 2.58 bits per heavy atom. The molecule has 1 heterocycles. The van der Waals surface area contributed by atoms with Crippen LogP contribution in [0, 0.1) is 11.6 Å². The Bertz CT molecular complexity index is 959. The Morgan fingerprint density at radius 2 is 1.85 bits per heavy atom. The van der Waals surface area contributed by atoms with Crippen molar-refractivity contribution >= 4 is 22.4 Å². The minimum absolute atomic E-state index is 0.0351. The van der Waals surface area contributed by atoms with Gasteiger partial charge in [0.1, 0.15) is 11.6 Å². The molecule has 1 amide bonds. The number of ether oxygens (including phenoxy) is 2. The molecule has 3 rings (SSSR count). The molecule has 134 valence electrons. The van der Waals surface area contributed by atoms with Crippen LogP contribution >= 0.6 is 11.3 Å². The molecule has 3 aromatic rings. The molecule has 0 aliphatic rings. The first-order valence-corrected chi connectivity index (χ1v) is 8.34. The summed E-state index contributed by atoms with van der Waals surface area (Å²) in [6, 6.07) is 7.86. The summed E-state index contributed by atoms with van der Waals surface area (Å²) >= 11 is 1.11. The normalized spacial score (nSPS) is 10.5. The fourth-order valence-corrected chi connectivity index (χ4v) is 3.00. The summed E-state index contributed by atoms with van der Waals surface area (Å²) in [5, 5.41) is 4.44. The number of thiazole rings is 1. The SMILES string of the molecule is COc1ccc(C(=O)Nc2nc(-c3cc(F)ccc3F)cs2)cc1OC. The first-order chi connectivity index (χ1) is 12.5. The van der Waals surface area contributed by atoms with Crippen LogP contribution in [0.3, 0.4) is 0 Å². The van der Waals surface area contributed by atoms with Crippen molar-refractivity contribution in [3.05, 3.63) is 59.0 Å². The van der Waals surface area contributed by atoms with E-state index in [2.05, 4.69) is 10.3 Å². The number of hydrogen-bond acceptors (Lipinski definition) is 5. The highest BCUT2D eigenvalue weighted by Crippen LogP contribution is 2.30. The molecule has 1 N–H and O–H groups in total. The highest BCUT2D eigenvalue weighted by molar-refractivity contribution is 7.14. The van der Waals surface area contributed by atoms with Gasteiger partial charge in [-0.05, 0) is 36.4 Å². The molecule has 0 aliphatic heterocycles. The van der Waals surface area contributed by atoms with Crippen LogP contribution in [0.25, 0.3) is 11.3 Å². The zero-order chi connectivity index (χ0) is 18.7. The van der Waals surface area contributed by atoms with Crippen molar-refractivity contribution in [2.75, 3.05) is 19.5 Å². The maximum atomic E-state index is 13.8. The van der Waals surface area contributed by atoms with Crippen molar-refractivity contribution in [3.8, 4) is 22.8 Å². The minimum Gasteiger partial charge on any atom is -0.493 e. The summed E-state index contributed by atoms with van der Waals surface area (Å²) in [7, 11) is 2.97. The molecular weight excluding hydrogens is 362 g/mol. The highest BCUT2D eigenvalue weighted by atomic mass is 32.1. The summed E-state index contributed by atoms with van der Waals surface area (Å²) < 4.78 is 37.5. The van der Waals surface area contributed by atoms with Gasteiger partial charge in [0, 0.05) is 16.5 Å². The molecule has 1 aromatic heterocycles. The van der Waals surface area contributed by atoms with Gasteiger partial charge in [-0.3, -0.25) is 10.1 Å². The van der Waals surface area contributed by atoms with Crippen LogP contribution in [0.15, 0.2) is 41.8 Å². The van der Waals surface area contributed by atoms with E-state index in [4.69, 9.17) is 9.47 Å². The van der Waals surface area contributed by atoms with Gasteiger partial charge in [-0.2, -0.15) is 0 Å². The Hall–Kier alpha value is -3.00. The Morgan fingerprint density at radius 1 is 1.08 bits per heavy atom. The average molecular weight is 376 g/mol. The second-order valence-electron chi connectivity index (χ2n) is 5.19. The Balaban J connectivity index is 1.81. The summed E-state index contributed by atoms with van der Waals surface area (Å²) in [5.41, 5.74) is 0.624. The van der Waals surface area contributed by atoms with Crippen molar-refractivity contribution in [2.24, 2.45) is 0 Å². The van der Waals surface area contributed by atoms with Gasteiger partial charge in [0.15, 0.2) is 16.6 Å². The molecule has 0 saturated heterocycles. The molecule has 0 spiro atoms. The monoisotopic (exact) mass is 376 g/mol. The zero-order valence-electron chi connectivity index (χ0n) is 13.9. The maximum Gasteiger partial charge on any atom is 0.257 e. The second kappa shape index (κ2) is 7.49. The smallest absolute Gasteiger partial charge is 0.257 e. The molecule has 0 bridgehead atoms. The van der Waals surface area contributed by atoms with Gasteiger partial charge < -0.3 is 9.47 Å². The molecule has 0 unspecified atom stereocenters. The molecule has 8 heteroatoms. The first-order valence-electron chi connectivity index (χ1n) is 7.46. The van der Waals surface area contributed by atoms with Gasteiger partial charge in [0.25, 0.3) is 5.91 Å². The predicted molar refractivity (Wildman–Crippen MR) is 95.0 cm³/mol. The van der Waals surface area contributed by atoms with Crippen molar-refractivity contribution in [3.63, 3.8) is 0 Å². The number of nitrogens with zero attached hydrogens (tertiary/aromatic N) is 1. The number of carbonyl (C=O) groups is 1. The van der Waals surface area contributed by atoms with E-state index < -0.39 is 17.5 Å². The van der Waals surface area contributed by atoms with Crippen molar-refractivity contribution in [1.82, 2.24) is 4.98 Å². The number of aromatic nitrogens is 1.